The summed E-state index contributed by atoms with van der Waals surface area (Å²) >= 11 is 0. The molecule has 3 aromatic carbocycles. The number of amides is 1. The molecule has 1 amide bonds. The summed E-state index contributed by atoms with van der Waals surface area (Å²) in [6.07, 6.45) is 4.27. The quantitative estimate of drug-likeness (QED) is 0.120. The maximum Gasteiger partial charge on any atom is 0.322 e. The molecule has 13 nitrogen and oxygen atoms in total. The van der Waals surface area contributed by atoms with Gasteiger partial charge in [0.1, 0.15) is 23.5 Å². The molecular formula is C40H43FN6O7. The lowest BCUT2D eigenvalue weighted by atomic mass is 10.0. The summed E-state index contributed by atoms with van der Waals surface area (Å²) in [4.78, 5) is 45.4. The van der Waals surface area contributed by atoms with Crippen molar-refractivity contribution < 1.29 is 32.9 Å². The van der Waals surface area contributed by atoms with Crippen molar-refractivity contribution in [1.82, 2.24) is 19.2 Å². The number of ether oxygens (including phenoxy) is 4. The second-order valence-electron chi connectivity index (χ2n) is 14.0. The second-order valence-corrected chi connectivity index (χ2v) is 14.0. The number of fused-ring (bicyclic) bond motifs is 1. The number of para-hydroxylation sites is 1. The number of carbonyl (C=O) groups is 2. The maximum absolute atomic E-state index is 15.4. The Kier molecular flexibility index (Phi) is 10.1. The Morgan fingerprint density at radius 3 is 2.54 bits per heavy atom. The van der Waals surface area contributed by atoms with Crippen molar-refractivity contribution in [3.8, 4) is 28.7 Å². The van der Waals surface area contributed by atoms with Gasteiger partial charge < -0.3 is 30.0 Å². The number of nitrogens with one attached hydrogen (secondary N) is 1. The first-order valence-corrected chi connectivity index (χ1v) is 17.9. The van der Waals surface area contributed by atoms with Gasteiger partial charge in [0.15, 0.2) is 23.1 Å². The van der Waals surface area contributed by atoms with E-state index in [4.69, 9.17) is 24.7 Å². The highest BCUT2D eigenvalue weighted by molar-refractivity contribution is 6.05. The van der Waals surface area contributed by atoms with Crippen LogP contribution >= 0.6 is 0 Å². The van der Waals surface area contributed by atoms with Crippen molar-refractivity contribution >= 4 is 28.5 Å². The van der Waals surface area contributed by atoms with Crippen LogP contribution < -0.4 is 30.8 Å². The zero-order valence-electron chi connectivity index (χ0n) is 30.6. The number of halogens is 1. The molecule has 7 rings (SSSR count). The Balaban J connectivity index is 0.994. The number of nitrogens with zero attached hydrogens (tertiary/aromatic N) is 4. The maximum atomic E-state index is 15.4. The van der Waals surface area contributed by atoms with Crippen molar-refractivity contribution in [2.24, 2.45) is 18.2 Å². The smallest absolute Gasteiger partial charge is 0.322 e. The molecule has 1 saturated heterocycles. The number of benzene rings is 3. The molecule has 282 valence electrons. The van der Waals surface area contributed by atoms with Gasteiger partial charge in [0.05, 0.1) is 30.6 Å². The van der Waals surface area contributed by atoms with Gasteiger partial charge in [-0.2, -0.15) is 0 Å². The monoisotopic (exact) mass is 738 g/mol. The number of esters is 1. The first-order chi connectivity index (χ1) is 26.0. The van der Waals surface area contributed by atoms with Crippen molar-refractivity contribution in [2.45, 2.75) is 45.3 Å². The van der Waals surface area contributed by atoms with Crippen molar-refractivity contribution in [1.29, 1.82) is 0 Å². The average Bonchev–Trinajstić information content (AvgIpc) is 3.80. The summed E-state index contributed by atoms with van der Waals surface area (Å²) < 4.78 is 42.0. The fraction of sp³-hybridized carbons (Fsp3) is 0.350. The van der Waals surface area contributed by atoms with Gasteiger partial charge in [-0.25, -0.2) is 9.07 Å². The number of anilines is 1. The van der Waals surface area contributed by atoms with Crippen LogP contribution in [-0.2, 0) is 16.6 Å². The van der Waals surface area contributed by atoms with Gasteiger partial charge in [-0.1, -0.05) is 18.2 Å². The Bertz CT molecular complexity index is 2270. The van der Waals surface area contributed by atoms with Crippen LogP contribution in [0, 0.1) is 18.2 Å². The van der Waals surface area contributed by atoms with Crippen LogP contribution in [0.1, 0.15) is 42.2 Å². The molecule has 54 heavy (non-hydrogen) atoms. The number of pyridine rings is 1. The van der Waals surface area contributed by atoms with Gasteiger partial charge in [-0.15, -0.1) is 0 Å². The normalized spacial score (nSPS) is 16.7. The Labute approximate surface area is 311 Å². The van der Waals surface area contributed by atoms with E-state index >= 15 is 4.39 Å². The van der Waals surface area contributed by atoms with Crippen LogP contribution in [0.15, 0.2) is 77.7 Å². The highest BCUT2D eigenvalue weighted by Gasteiger charge is 2.56. The topological polar surface area (TPSA) is 152 Å². The fourth-order valence-electron chi connectivity index (χ4n) is 7.02. The second kappa shape index (κ2) is 15.0. The predicted molar refractivity (Wildman–Crippen MR) is 200 cm³/mol. The van der Waals surface area contributed by atoms with Gasteiger partial charge >= 0.3 is 5.97 Å². The van der Waals surface area contributed by atoms with Gasteiger partial charge in [-0.05, 0) is 69.5 Å². The molecule has 0 bridgehead atoms. The molecule has 2 aliphatic rings. The molecule has 14 heteroatoms. The van der Waals surface area contributed by atoms with Crippen LogP contribution in [0.4, 0.5) is 10.1 Å². The molecule has 1 aliphatic heterocycles. The summed E-state index contributed by atoms with van der Waals surface area (Å²) in [7, 11) is 3.23. The molecule has 3 heterocycles. The molecule has 2 atom stereocenters. The summed E-state index contributed by atoms with van der Waals surface area (Å²) in [5, 5.41) is 3.22. The van der Waals surface area contributed by atoms with Gasteiger partial charge in [0, 0.05) is 61.5 Å². The number of nitrogens with two attached hydrogens (primary N) is 1. The van der Waals surface area contributed by atoms with Crippen LogP contribution in [0.2, 0.25) is 0 Å². The number of aromatic nitrogens is 3. The minimum Gasteiger partial charge on any atom is -0.493 e. The molecule has 1 aliphatic carbocycles. The summed E-state index contributed by atoms with van der Waals surface area (Å²) in [5.41, 5.74) is 7.02. The first-order valence-electron chi connectivity index (χ1n) is 17.9. The largest absolute Gasteiger partial charge is 0.493 e. The lowest BCUT2D eigenvalue weighted by Gasteiger charge is -2.19. The molecule has 2 aromatic heterocycles. The van der Waals surface area contributed by atoms with E-state index < -0.39 is 23.3 Å². The number of carbonyl (C=O) groups excluding carboxylic acids is 2. The Morgan fingerprint density at radius 1 is 1.06 bits per heavy atom. The zero-order chi connectivity index (χ0) is 38.1. The Hall–Kier alpha value is -5.73. The SMILES string of the molecule is COc1cc2c(Oc3ccc(NC(=O)c4c(C)n(C)n(-c5ccccc5)c4=O)cc3F)ccnc2cc1OCCCN1CC(OC(=O)C(C)N)C2(CC2)C1. The van der Waals surface area contributed by atoms with E-state index in [0.29, 0.717) is 52.7 Å². The number of likely N-dealkylation sites (tertiary alicyclic amines) is 1. The number of rotatable bonds is 13. The minimum absolute atomic E-state index is 0.0449. The third-order valence-corrected chi connectivity index (χ3v) is 10.2. The highest BCUT2D eigenvalue weighted by atomic mass is 19.1. The van der Waals surface area contributed by atoms with Crippen LogP contribution in [0.5, 0.6) is 23.0 Å². The van der Waals surface area contributed by atoms with Gasteiger partial charge in [-0.3, -0.25) is 28.9 Å². The van der Waals surface area contributed by atoms with E-state index in [1.54, 1.807) is 74.2 Å². The molecule has 1 saturated carbocycles. The minimum atomic E-state index is -0.722. The molecule has 3 N–H and O–H groups in total. The lowest BCUT2D eigenvalue weighted by molar-refractivity contribution is -0.152. The van der Waals surface area contributed by atoms with Crippen molar-refractivity contribution in [3.05, 3.63) is 100 Å². The molecule has 2 unspecified atom stereocenters. The molecule has 0 radical (unpaired) electrons. The fourth-order valence-corrected chi connectivity index (χ4v) is 7.02. The van der Waals surface area contributed by atoms with Gasteiger partial charge in [0.25, 0.3) is 11.5 Å². The van der Waals surface area contributed by atoms with Gasteiger partial charge in [0.2, 0.25) is 0 Å². The van der Waals surface area contributed by atoms with Crippen molar-refractivity contribution in [3.63, 3.8) is 0 Å². The average molecular weight is 739 g/mol. The molecule has 2 fully saturated rings. The van der Waals surface area contributed by atoms with Crippen LogP contribution in [0.25, 0.3) is 16.6 Å². The molecular weight excluding hydrogens is 695 g/mol. The summed E-state index contributed by atoms with van der Waals surface area (Å²) in [5.74, 6) is -0.507. The first kappa shape index (κ1) is 36.6. The Morgan fingerprint density at radius 2 is 1.83 bits per heavy atom. The van der Waals surface area contributed by atoms with Crippen LogP contribution in [-0.4, -0.2) is 76.6 Å². The number of hydrogen-bond acceptors (Lipinski definition) is 10. The zero-order valence-corrected chi connectivity index (χ0v) is 30.6. The number of hydrogen-bond donors (Lipinski definition) is 2. The van der Waals surface area contributed by atoms with E-state index in [2.05, 4.69) is 15.2 Å². The van der Waals surface area contributed by atoms with E-state index in [1.807, 2.05) is 6.07 Å². The van der Waals surface area contributed by atoms with Crippen molar-refractivity contribution in [2.75, 3.05) is 38.7 Å². The molecule has 5 aromatic rings. The predicted octanol–water partition coefficient (Wildman–Crippen LogP) is 5.35. The van der Waals surface area contributed by atoms with E-state index in [1.165, 1.54) is 23.9 Å². The summed E-state index contributed by atoms with van der Waals surface area (Å²) in [6.45, 7) is 6.10. The van der Waals surface area contributed by atoms with E-state index in [9.17, 15) is 14.4 Å². The summed E-state index contributed by atoms with van der Waals surface area (Å²) in [6, 6.07) is 17.5. The standard InChI is InChI=1S/C40H43FN6O7/c1-24(42)39(50)54-35-22-46(23-40(35)14-15-40)17-8-18-52-34-21-30-28(20-33(34)51-4)31(13-16-43-30)53-32-12-11-26(19-29(32)41)44-37(48)36-25(2)45(3)47(38(36)49)27-9-6-5-7-10-27/h5-7,9-13,16,19-21,24,35H,8,14-15,17-18,22-23,42H2,1-4H3,(H,44,48). The molecule has 1 spiro atoms. The lowest BCUT2D eigenvalue weighted by Crippen LogP contribution is -2.36. The third-order valence-electron chi connectivity index (χ3n) is 10.2. The van der Waals surface area contributed by atoms with E-state index in [0.717, 1.165) is 38.4 Å². The number of methoxy groups -OCH3 is 1. The highest BCUT2D eigenvalue weighted by Crippen LogP contribution is 2.54. The van der Waals surface area contributed by atoms with Crippen LogP contribution in [0.3, 0.4) is 0 Å². The van der Waals surface area contributed by atoms with E-state index in [-0.39, 0.29) is 34.5 Å². The third kappa shape index (κ3) is 7.26.